The Morgan fingerprint density at radius 3 is 2.94 bits per heavy atom. The topological polar surface area (TPSA) is 47.6 Å². The molecule has 0 heterocycles. The van der Waals surface area contributed by atoms with E-state index in [0.717, 1.165) is 5.69 Å². The van der Waals surface area contributed by atoms with E-state index < -0.39 is 0 Å². The highest BCUT2D eigenvalue weighted by atomic mass is 79.9. The van der Waals surface area contributed by atoms with Crippen molar-refractivity contribution in [2.75, 3.05) is 31.7 Å². The summed E-state index contributed by atoms with van der Waals surface area (Å²) in [5, 5.41) is 3.04. The van der Waals surface area contributed by atoms with Gasteiger partial charge in [0.25, 0.3) is 0 Å². The highest BCUT2D eigenvalue weighted by Gasteiger charge is 2.02. The van der Waals surface area contributed by atoms with Crippen LogP contribution in [0, 0.1) is 5.82 Å². The third-order valence-electron chi connectivity index (χ3n) is 2.02. The summed E-state index contributed by atoms with van der Waals surface area (Å²) in [7, 11) is 0. The lowest BCUT2D eigenvalue weighted by atomic mass is 10.3. The van der Waals surface area contributed by atoms with Crippen LogP contribution in [-0.2, 0) is 14.3 Å². The van der Waals surface area contributed by atoms with Crippen molar-refractivity contribution in [3.05, 3.63) is 28.5 Å². The molecule has 0 aromatic heterocycles. The van der Waals surface area contributed by atoms with Crippen molar-refractivity contribution < 1.29 is 18.7 Å². The van der Waals surface area contributed by atoms with E-state index in [9.17, 15) is 9.18 Å². The van der Waals surface area contributed by atoms with E-state index in [1.165, 1.54) is 6.07 Å². The Morgan fingerprint density at radius 1 is 1.50 bits per heavy atom. The molecule has 6 heteroatoms. The Morgan fingerprint density at radius 2 is 2.28 bits per heavy atom. The highest BCUT2D eigenvalue weighted by molar-refractivity contribution is 9.10. The van der Waals surface area contributed by atoms with E-state index >= 15 is 0 Å². The number of ether oxygens (including phenoxy) is 2. The van der Waals surface area contributed by atoms with E-state index in [2.05, 4.69) is 21.2 Å². The lowest BCUT2D eigenvalue weighted by Crippen LogP contribution is -2.16. The van der Waals surface area contributed by atoms with Gasteiger partial charge in [0.2, 0.25) is 0 Å². The highest BCUT2D eigenvalue weighted by Crippen LogP contribution is 2.19. The molecule has 0 fully saturated rings. The average molecular weight is 320 g/mol. The summed E-state index contributed by atoms with van der Waals surface area (Å²) < 4.78 is 23.2. The first-order valence-electron chi connectivity index (χ1n) is 5.55. The maximum Gasteiger partial charge on any atom is 0.332 e. The maximum absolute atomic E-state index is 13.0. The Balaban J connectivity index is 2.18. The number of nitrogens with one attached hydrogen (secondary N) is 1. The molecule has 1 aromatic carbocycles. The first-order valence-corrected chi connectivity index (χ1v) is 6.35. The summed E-state index contributed by atoms with van der Waals surface area (Å²) in [4.78, 5) is 10.9. The molecule has 0 aliphatic rings. The fourth-order valence-electron chi connectivity index (χ4n) is 1.23. The van der Waals surface area contributed by atoms with Crippen LogP contribution in [0.4, 0.5) is 10.1 Å². The third-order valence-corrected chi connectivity index (χ3v) is 2.63. The predicted octanol–water partition coefficient (Wildman–Crippen LogP) is 2.58. The molecule has 0 amide bonds. The molecule has 0 radical (unpaired) electrons. The Labute approximate surface area is 114 Å². The zero-order chi connectivity index (χ0) is 13.4. The molecule has 0 bridgehead atoms. The van der Waals surface area contributed by atoms with Gasteiger partial charge in [0.05, 0.1) is 17.7 Å². The van der Waals surface area contributed by atoms with Crippen molar-refractivity contribution in [3.63, 3.8) is 0 Å². The molecule has 0 saturated carbocycles. The van der Waals surface area contributed by atoms with E-state index in [0.29, 0.717) is 24.2 Å². The smallest absolute Gasteiger partial charge is 0.332 e. The van der Waals surface area contributed by atoms with Crippen LogP contribution >= 0.6 is 15.9 Å². The second-order valence-corrected chi connectivity index (χ2v) is 4.27. The van der Waals surface area contributed by atoms with Crippen LogP contribution in [0.5, 0.6) is 0 Å². The normalized spacial score (nSPS) is 10.2. The molecule has 4 nitrogen and oxygen atoms in total. The van der Waals surface area contributed by atoms with Gasteiger partial charge in [0.1, 0.15) is 12.4 Å². The third kappa shape index (κ3) is 5.46. The Kier molecular flexibility index (Phi) is 6.67. The van der Waals surface area contributed by atoms with Gasteiger partial charge in [0, 0.05) is 12.2 Å². The molecular weight excluding hydrogens is 305 g/mol. The number of hydrogen-bond donors (Lipinski definition) is 1. The van der Waals surface area contributed by atoms with Gasteiger partial charge >= 0.3 is 5.97 Å². The van der Waals surface area contributed by atoms with Crippen LogP contribution in [0.3, 0.4) is 0 Å². The SMILES string of the molecule is CCOC(=O)COCCNc1ccc(F)c(Br)c1. The van der Waals surface area contributed by atoms with E-state index in [4.69, 9.17) is 9.47 Å². The van der Waals surface area contributed by atoms with Gasteiger partial charge in [-0.05, 0) is 41.1 Å². The predicted molar refractivity (Wildman–Crippen MR) is 70.0 cm³/mol. The zero-order valence-corrected chi connectivity index (χ0v) is 11.6. The van der Waals surface area contributed by atoms with Gasteiger partial charge < -0.3 is 14.8 Å². The first-order chi connectivity index (χ1) is 8.63. The van der Waals surface area contributed by atoms with E-state index in [-0.39, 0.29) is 18.4 Å². The summed E-state index contributed by atoms with van der Waals surface area (Å²) >= 11 is 3.10. The van der Waals surface area contributed by atoms with Crippen LogP contribution in [0.15, 0.2) is 22.7 Å². The number of benzene rings is 1. The summed E-state index contributed by atoms with van der Waals surface area (Å²) in [6.45, 7) is 2.93. The lowest BCUT2D eigenvalue weighted by Gasteiger charge is -2.07. The summed E-state index contributed by atoms with van der Waals surface area (Å²) in [5.74, 6) is -0.680. The Hall–Kier alpha value is -1.14. The van der Waals surface area contributed by atoms with Gasteiger partial charge in [-0.3, -0.25) is 0 Å². The number of carbonyl (C=O) groups is 1. The summed E-state index contributed by atoms with van der Waals surface area (Å²) in [5.41, 5.74) is 0.781. The van der Waals surface area contributed by atoms with E-state index in [1.807, 2.05) is 0 Å². The molecule has 1 rings (SSSR count). The number of esters is 1. The number of rotatable bonds is 7. The Bertz CT molecular complexity index is 401. The molecule has 0 aliphatic carbocycles. The van der Waals surface area contributed by atoms with Gasteiger partial charge in [-0.1, -0.05) is 0 Å². The summed E-state index contributed by atoms with van der Waals surface area (Å²) in [6, 6.07) is 4.64. The maximum atomic E-state index is 13.0. The largest absolute Gasteiger partial charge is 0.464 e. The molecule has 1 aromatic rings. The van der Waals surface area contributed by atoms with Gasteiger partial charge in [-0.25, -0.2) is 9.18 Å². The number of anilines is 1. The van der Waals surface area contributed by atoms with Crippen LogP contribution in [-0.4, -0.2) is 32.3 Å². The van der Waals surface area contributed by atoms with Crippen LogP contribution < -0.4 is 5.32 Å². The average Bonchev–Trinajstić information content (AvgIpc) is 2.33. The fourth-order valence-corrected chi connectivity index (χ4v) is 1.61. The molecule has 0 aliphatic heterocycles. The van der Waals surface area contributed by atoms with Gasteiger partial charge in [-0.15, -0.1) is 0 Å². The number of hydrogen-bond acceptors (Lipinski definition) is 4. The minimum atomic E-state index is -0.373. The van der Waals surface area contributed by atoms with Crippen LogP contribution in [0.2, 0.25) is 0 Å². The standard InChI is InChI=1S/C12H15BrFNO3/c1-2-18-12(16)8-17-6-5-15-9-3-4-11(14)10(13)7-9/h3-4,7,15H,2,5-6,8H2,1H3. The van der Waals surface area contributed by atoms with Crippen molar-refractivity contribution >= 4 is 27.6 Å². The number of carbonyl (C=O) groups excluding carboxylic acids is 1. The molecular formula is C12H15BrFNO3. The van der Waals surface area contributed by atoms with Crippen LogP contribution in [0.1, 0.15) is 6.92 Å². The second kappa shape index (κ2) is 8.05. The first kappa shape index (κ1) is 14.9. The van der Waals surface area contributed by atoms with Crippen molar-refractivity contribution in [3.8, 4) is 0 Å². The molecule has 18 heavy (non-hydrogen) atoms. The molecule has 100 valence electrons. The lowest BCUT2D eigenvalue weighted by molar-refractivity contribution is -0.148. The number of halogens is 2. The zero-order valence-electron chi connectivity index (χ0n) is 10.0. The van der Waals surface area contributed by atoms with Gasteiger partial charge in [-0.2, -0.15) is 0 Å². The van der Waals surface area contributed by atoms with E-state index in [1.54, 1.807) is 19.1 Å². The minimum absolute atomic E-state index is 0.0529. The second-order valence-electron chi connectivity index (χ2n) is 3.41. The quantitative estimate of drug-likeness (QED) is 0.620. The van der Waals surface area contributed by atoms with Crippen LogP contribution in [0.25, 0.3) is 0 Å². The van der Waals surface area contributed by atoms with Crippen molar-refractivity contribution in [2.45, 2.75) is 6.92 Å². The monoisotopic (exact) mass is 319 g/mol. The molecule has 1 N–H and O–H groups in total. The van der Waals surface area contributed by atoms with Crippen molar-refractivity contribution in [1.29, 1.82) is 0 Å². The minimum Gasteiger partial charge on any atom is -0.464 e. The molecule has 0 saturated heterocycles. The van der Waals surface area contributed by atoms with Crippen molar-refractivity contribution in [2.24, 2.45) is 0 Å². The van der Waals surface area contributed by atoms with Gasteiger partial charge in [0.15, 0.2) is 0 Å². The molecule has 0 unspecified atom stereocenters. The molecule has 0 atom stereocenters. The molecule has 0 spiro atoms. The fraction of sp³-hybridized carbons (Fsp3) is 0.417. The van der Waals surface area contributed by atoms with Crippen molar-refractivity contribution in [1.82, 2.24) is 0 Å². The summed E-state index contributed by atoms with van der Waals surface area (Å²) in [6.07, 6.45) is 0.